The molecule has 0 saturated carbocycles. The lowest BCUT2D eigenvalue weighted by atomic mass is 10.3. The number of aliphatic hydroxyl groups excluding tert-OH is 3. The second-order valence-electron chi connectivity index (χ2n) is 14.5. The molecule has 2 saturated heterocycles. The van der Waals surface area contributed by atoms with Gasteiger partial charge in [0, 0.05) is 52.3 Å². The van der Waals surface area contributed by atoms with E-state index in [1.807, 2.05) is 20.8 Å². The number of hydrogen-bond acceptors (Lipinski definition) is 15. The summed E-state index contributed by atoms with van der Waals surface area (Å²) >= 11 is 6.26. The number of methoxy groups -OCH3 is 5. The van der Waals surface area contributed by atoms with E-state index in [1.54, 1.807) is 84.8 Å². The van der Waals surface area contributed by atoms with Crippen LogP contribution in [0.4, 0.5) is 0 Å². The van der Waals surface area contributed by atoms with Gasteiger partial charge in [0.15, 0.2) is 0 Å². The smallest absolute Gasteiger partial charge is 0.104 e. The van der Waals surface area contributed by atoms with Crippen LogP contribution in [-0.2, 0) is 56.8 Å². The number of alkyl halides is 2. The van der Waals surface area contributed by atoms with E-state index in [0.29, 0.717) is 91.0 Å². The molecule has 0 aromatic carbocycles. The van der Waals surface area contributed by atoms with Gasteiger partial charge in [-0.25, -0.2) is 0 Å². The van der Waals surface area contributed by atoms with Crippen LogP contribution < -0.4 is 0 Å². The first-order valence-corrected chi connectivity index (χ1v) is 25.9. The monoisotopic (exact) mass is 1140 g/mol. The summed E-state index contributed by atoms with van der Waals surface area (Å²) in [5, 5.41) is 27.6. The fourth-order valence-corrected chi connectivity index (χ4v) is 3.18. The highest BCUT2D eigenvalue weighted by molar-refractivity contribution is 9.09. The minimum absolute atomic E-state index is 0.0277. The highest BCUT2D eigenvalue weighted by atomic mass is 79.9. The van der Waals surface area contributed by atoms with Crippen molar-refractivity contribution in [2.45, 2.75) is 117 Å². The van der Waals surface area contributed by atoms with Gasteiger partial charge in [-0.2, -0.15) is 0 Å². The van der Waals surface area contributed by atoms with Gasteiger partial charge in [-0.1, -0.05) is 95.2 Å². The van der Waals surface area contributed by atoms with Crippen molar-refractivity contribution in [1.82, 2.24) is 0 Å². The second kappa shape index (κ2) is 81.6. The molecule has 6 atom stereocenters. The van der Waals surface area contributed by atoms with E-state index in [1.165, 1.54) is 13.5 Å². The number of epoxide rings is 2. The molecule has 0 bridgehead atoms. The lowest BCUT2D eigenvalue weighted by Crippen LogP contribution is -2.23. The van der Waals surface area contributed by atoms with Crippen LogP contribution in [0.5, 0.6) is 0 Å². The Balaban J connectivity index is -0.000000104. The van der Waals surface area contributed by atoms with Gasteiger partial charge in [-0.3, -0.25) is 0 Å². The fraction of sp³-hybridized carbons (Fsp3) is 0.736. The Hall–Kier alpha value is -1.46. The minimum Gasteiger partial charge on any atom is -0.394 e. The zero-order valence-corrected chi connectivity index (χ0v) is 49.2. The van der Waals surface area contributed by atoms with Gasteiger partial charge in [0.05, 0.1) is 117 Å². The van der Waals surface area contributed by atoms with Crippen LogP contribution in [0.25, 0.3) is 0 Å². The molecule has 0 aromatic heterocycles. The molecule has 2 aliphatic heterocycles. The summed E-state index contributed by atoms with van der Waals surface area (Å²) in [6.45, 7) is 46.4. The largest absolute Gasteiger partial charge is 0.394 e. The molecule has 0 aliphatic carbocycles. The van der Waals surface area contributed by atoms with E-state index < -0.39 is 6.10 Å². The molecule has 6 unspecified atom stereocenters. The van der Waals surface area contributed by atoms with Crippen LogP contribution in [-0.4, -0.2) is 203 Å². The Bertz CT molecular complexity index is 978. The fourth-order valence-electron chi connectivity index (χ4n) is 3.18. The molecular weight excluding hydrogens is 1040 g/mol. The minimum atomic E-state index is -0.523. The summed E-state index contributed by atoms with van der Waals surface area (Å²) in [6, 6.07) is 0. The van der Waals surface area contributed by atoms with Gasteiger partial charge in [0.2, 0.25) is 0 Å². The quantitative estimate of drug-likeness (QED) is 0.0251. The van der Waals surface area contributed by atoms with Gasteiger partial charge < -0.3 is 72.2 Å². The van der Waals surface area contributed by atoms with E-state index in [0.717, 1.165) is 43.3 Å². The first-order chi connectivity index (χ1) is 33.5. The van der Waals surface area contributed by atoms with Crippen LogP contribution in [0, 0.1) is 0 Å². The predicted octanol–water partition coefficient (Wildman–Crippen LogP) is 9.57. The van der Waals surface area contributed by atoms with Gasteiger partial charge in [-0.15, -0.1) is 46.1 Å². The lowest BCUT2D eigenvalue weighted by Gasteiger charge is -2.13. The van der Waals surface area contributed by atoms with Crippen molar-refractivity contribution in [3.63, 3.8) is 0 Å². The van der Waals surface area contributed by atoms with Crippen LogP contribution in [0.1, 0.15) is 67.7 Å². The van der Waals surface area contributed by atoms with Crippen LogP contribution in [0.15, 0.2) is 88.6 Å². The normalized spacial score (nSPS) is 14.7. The molecule has 0 spiro atoms. The number of aliphatic hydroxyl groups is 3. The Morgan fingerprint density at radius 2 is 0.871 bits per heavy atom. The van der Waals surface area contributed by atoms with Gasteiger partial charge in [-0.05, 0) is 47.0 Å². The maximum atomic E-state index is 8.99. The maximum absolute atomic E-state index is 8.99. The molecule has 2 aliphatic rings. The first-order valence-electron chi connectivity index (χ1n) is 23.6. The third-order valence-electron chi connectivity index (χ3n) is 6.78. The van der Waals surface area contributed by atoms with Crippen molar-refractivity contribution >= 4 is 31.9 Å². The average Bonchev–Trinajstić information content (AvgIpc) is 4.30. The summed E-state index contributed by atoms with van der Waals surface area (Å²) in [6.07, 6.45) is 15.8. The number of ether oxygens (including phenoxy) is 12. The molecule has 15 nitrogen and oxygen atoms in total. The Morgan fingerprint density at radius 3 is 1.14 bits per heavy atom. The summed E-state index contributed by atoms with van der Waals surface area (Å²) < 4.78 is 59.5. The molecule has 17 heteroatoms. The van der Waals surface area contributed by atoms with Crippen molar-refractivity contribution in [2.75, 3.05) is 139 Å². The number of hydrogen-bond donors (Lipinski definition) is 3. The number of rotatable bonds is 32. The molecule has 2 heterocycles. The van der Waals surface area contributed by atoms with Crippen LogP contribution in [0.2, 0.25) is 0 Å². The predicted molar refractivity (Wildman–Crippen MR) is 300 cm³/mol. The number of halogens is 2. The Morgan fingerprint density at radius 1 is 0.500 bits per heavy atom. The first kappa shape index (κ1) is 85.3. The van der Waals surface area contributed by atoms with E-state index in [4.69, 9.17) is 62.7 Å². The molecule has 3 N–H and O–H groups in total. The molecule has 70 heavy (non-hydrogen) atoms. The lowest BCUT2D eigenvalue weighted by molar-refractivity contribution is -0.0246. The second-order valence-corrected chi connectivity index (χ2v) is 15.8. The highest BCUT2D eigenvalue weighted by Crippen LogP contribution is 2.11. The molecule has 0 amide bonds. The maximum Gasteiger partial charge on any atom is 0.104 e. The van der Waals surface area contributed by atoms with E-state index in [9.17, 15) is 0 Å². The Labute approximate surface area is 445 Å². The van der Waals surface area contributed by atoms with Crippen molar-refractivity contribution in [2.24, 2.45) is 0 Å². The van der Waals surface area contributed by atoms with Crippen molar-refractivity contribution in [1.29, 1.82) is 0 Å². The number of allylic oxidation sites excluding steroid dienone is 2. The molecule has 0 radical (unpaired) electrons. The summed E-state index contributed by atoms with van der Waals surface area (Å²) in [4.78, 5) is 0. The van der Waals surface area contributed by atoms with E-state index in [-0.39, 0.29) is 24.4 Å². The zero-order valence-electron chi connectivity index (χ0n) is 46.0. The Kier molecular flexibility index (Phi) is 99.4. The summed E-state index contributed by atoms with van der Waals surface area (Å²) in [7, 11) is 8.08. The molecule has 0 aromatic rings. The highest BCUT2D eigenvalue weighted by Gasteiger charge is 2.21. The van der Waals surface area contributed by atoms with Crippen LogP contribution >= 0.6 is 31.9 Å². The molecular formula is C53H106Br2O15. The average molecular weight is 1140 g/mol. The van der Waals surface area contributed by atoms with Gasteiger partial charge >= 0.3 is 0 Å². The van der Waals surface area contributed by atoms with E-state index in [2.05, 4.69) is 101 Å². The van der Waals surface area contributed by atoms with Crippen molar-refractivity contribution < 1.29 is 72.2 Å². The third-order valence-corrected chi connectivity index (χ3v) is 7.70. The summed E-state index contributed by atoms with van der Waals surface area (Å²) in [5.74, 6) is 0. The zero-order chi connectivity index (χ0) is 55.5. The van der Waals surface area contributed by atoms with Crippen molar-refractivity contribution in [3.8, 4) is 0 Å². The standard InChI is InChI=1S/C8H16O3.C8H16O2.C7H14O3.C6H10O2.C6H12O.C5H12O2.C4H8O.2C3H5Br.C3H8O/c1-4-5-11-7-8(10-3)6-9-2;1-4-6-10-8(5-2)7-9-3;1-3-4-10-6-7(8)5-9-2;1-2-3-7-4-6-5-8-6;1-4-5-7-6(2)3;1-3-5(6)4-7-2;1-2-4-3-5-4;2*1-2-3-4;1-3(2)4/h4,8H,1,5-7H2,2-3H3;4,8H,1,5-7H2,2-3H3;3,7-8H,1,4-6H2,2H3;2,6H,1,3-5H2;4,6H,1,5H2,2-3H3;5-6H,3-4H2,1-2H3;4H,2-3H2,1H3;2*2H,1,3H2;3-4H,1-2H3. The topological polar surface area (TPSA) is 178 Å². The van der Waals surface area contributed by atoms with Crippen LogP contribution in [0.3, 0.4) is 0 Å². The summed E-state index contributed by atoms with van der Waals surface area (Å²) in [5.41, 5.74) is 0. The van der Waals surface area contributed by atoms with Gasteiger partial charge in [0.25, 0.3) is 0 Å². The third kappa shape index (κ3) is 116. The SMILES string of the molecule is C=CCBr.C=CCBr.C=CCOC(C)C.C=CCOC(CC)COC.C=CCOCC(COC)OC.C=CCOCC(O)COC.C=CCOCC1CO1.CC(C)O.CCC(O)COC.CCC1CO1. The molecule has 422 valence electrons. The van der Waals surface area contributed by atoms with E-state index >= 15 is 0 Å². The van der Waals surface area contributed by atoms with Crippen molar-refractivity contribution in [3.05, 3.63) is 88.6 Å². The molecule has 2 fully saturated rings. The molecule has 2 rings (SSSR count). The van der Waals surface area contributed by atoms with Gasteiger partial charge in [0.1, 0.15) is 18.3 Å².